The maximum absolute atomic E-state index is 10.8. The van der Waals surface area contributed by atoms with Crippen molar-refractivity contribution < 1.29 is 9.66 Å². The quantitative estimate of drug-likeness (QED) is 0.604. The second-order valence-corrected chi connectivity index (χ2v) is 3.19. The molecule has 1 aromatic heterocycles. The minimum Gasteiger partial charge on any atom is -0.490 e. The van der Waals surface area contributed by atoms with Crippen LogP contribution in [0, 0.1) is 10.1 Å². The fourth-order valence-corrected chi connectivity index (χ4v) is 1.38. The van der Waals surface area contributed by atoms with Crippen LogP contribution in [0.2, 0.25) is 0 Å². The van der Waals surface area contributed by atoms with Crippen LogP contribution in [-0.2, 0) is 0 Å². The summed E-state index contributed by atoms with van der Waals surface area (Å²) in [6.45, 7) is 0. The predicted molar refractivity (Wildman–Crippen MR) is 59.4 cm³/mol. The van der Waals surface area contributed by atoms with E-state index in [9.17, 15) is 10.1 Å². The van der Waals surface area contributed by atoms with Gasteiger partial charge in [0.05, 0.1) is 12.0 Å². The Morgan fingerprint density at radius 2 is 2.29 bits per heavy atom. The van der Waals surface area contributed by atoms with Crippen LogP contribution in [0.3, 0.4) is 0 Å². The SMILES string of the molecule is COc1ccc(-c2n[nH]c(N)n2)cc1[N+](=O)[O-]. The summed E-state index contributed by atoms with van der Waals surface area (Å²) < 4.78 is 4.89. The molecule has 0 fully saturated rings. The van der Waals surface area contributed by atoms with Crippen molar-refractivity contribution in [3.63, 3.8) is 0 Å². The molecule has 0 aliphatic carbocycles. The number of H-pyrrole nitrogens is 1. The molecule has 0 atom stereocenters. The summed E-state index contributed by atoms with van der Waals surface area (Å²) >= 11 is 0. The Hall–Kier alpha value is -2.64. The fraction of sp³-hybridized carbons (Fsp3) is 0.111. The number of nitro groups is 1. The van der Waals surface area contributed by atoms with Crippen molar-refractivity contribution >= 4 is 11.6 Å². The van der Waals surface area contributed by atoms with E-state index >= 15 is 0 Å². The van der Waals surface area contributed by atoms with Crippen molar-refractivity contribution in [2.45, 2.75) is 0 Å². The lowest BCUT2D eigenvalue weighted by atomic mass is 10.2. The molecule has 1 heterocycles. The molecule has 2 aromatic rings. The molecule has 0 saturated heterocycles. The molecule has 1 aromatic carbocycles. The van der Waals surface area contributed by atoms with E-state index in [1.807, 2.05) is 0 Å². The average Bonchev–Trinajstić information content (AvgIpc) is 2.75. The maximum atomic E-state index is 10.8. The fourth-order valence-electron chi connectivity index (χ4n) is 1.38. The van der Waals surface area contributed by atoms with Gasteiger partial charge < -0.3 is 10.5 Å². The molecular formula is C9H9N5O3. The van der Waals surface area contributed by atoms with Crippen LogP contribution in [0.15, 0.2) is 18.2 Å². The Morgan fingerprint density at radius 1 is 1.53 bits per heavy atom. The number of benzene rings is 1. The van der Waals surface area contributed by atoms with Crippen LogP contribution in [0.1, 0.15) is 0 Å². The van der Waals surface area contributed by atoms with E-state index in [2.05, 4.69) is 15.2 Å². The lowest BCUT2D eigenvalue weighted by Crippen LogP contribution is -1.94. The molecule has 0 bridgehead atoms. The van der Waals surface area contributed by atoms with Gasteiger partial charge >= 0.3 is 5.69 Å². The molecular weight excluding hydrogens is 226 g/mol. The minimum absolute atomic E-state index is 0.145. The van der Waals surface area contributed by atoms with Crippen molar-refractivity contribution in [2.24, 2.45) is 0 Å². The summed E-state index contributed by atoms with van der Waals surface area (Å²) in [6, 6.07) is 4.44. The topological polar surface area (TPSA) is 120 Å². The van der Waals surface area contributed by atoms with Gasteiger partial charge in [0.15, 0.2) is 11.6 Å². The van der Waals surface area contributed by atoms with Crippen LogP contribution in [0.25, 0.3) is 11.4 Å². The van der Waals surface area contributed by atoms with Gasteiger partial charge in [-0.2, -0.15) is 10.1 Å². The zero-order chi connectivity index (χ0) is 12.4. The van der Waals surface area contributed by atoms with E-state index in [0.717, 1.165) is 0 Å². The van der Waals surface area contributed by atoms with Gasteiger partial charge in [-0.15, -0.1) is 0 Å². The van der Waals surface area contributed by atoms with Crippen LogP contribution in [0.4, 0.5) is 11.6 Å². The van der Waals surface area contributed by atoms with Gasteiger partial charge in [0.2, 0.25) is 5.95 Å². The van der Waals surface area contributed by atoms with Gasteiger partial charge in [-0.25, -0.2) is 5.10 Å². The first kappa shape index (κ1) is 10.9. The van der Waals surface area contributed by atoms with Crippen LogP contribution in [-0.4, -0.2) is 27.2 Å². The highest BCUT2D eigenvalue weighted by atomic mass is 16.6. The van der Waals surface area contributed by atoms with Crippen molar-refractivity contribution in [1.29, 1.82) is 0 Å². The Balaban J connectivity index is 2.50. The van der Waals surface area contributed by atoms with Crippen LogP contribution >= 0.6 is 0 Å². The van der Waals surface area contributed by atoms with Crippen molar-refractivity contribution in [1.82, 2.24) is 15.2 Å². The number of nitrogen functional groups attached to an aromatic ring is 1. The molecule has 8 nitrogen and oxygen atoms in total. The highest BCUT2D eigenvalue weighted by Gasteiger charge is 2.17. The number of nitrogens with two attached hydrogens (primary N) is 1. The number of aromatic amines is 1. The Bertz CT molecular complexity index is 566. The lowest BCUT2D eigenvalue weighted by molar-refractivity contribution is -0.385. The largest absolute Gasteiger partial charge is 0.490 e. The second-order valence-electron chi connectivity index (χ2n) is 3.19. The molecule has 0 aliphatic heterocycles. The van der Waals surface area contributed by atoms with Crippen LogP contribution < -0.4 is 10.5 Å². The summed E-state index contributed by atoms with van der Waals surface area (Å²) in [5.74, 6) is 0.633. The summed E-state index contributed by atoms with van der Waals surface area (Å²) in [6.07, 6.45) is 0. The Kier molecular flexibility index (Phi) is 2.61. The molecule has 88 valence electrons. The Morgan fingerprint density at radius 3 is 2.82 bits per heavy atom. The number of hydrogen-bond donors (Lipinski definition) is 2. The van der Waals surface area contributed by atoms with Gasteiger partial charge in [0.1, 0.15) is 0 Å². The van der Waals surface area contributed by atoms with Crippen molar-refractivity contribution in [3.8, 4) is 17.1 Å². The van der Waals surface area contributed by atoms with E-state index in [0.29, 0.717) is 11.4 Å². The van der Waals surface area contributed by atoms with Gasteiger partial charge in [-0.05, 0) is 12.1 Å². The summed E-state index contributed by atoms with van der Waals surface area (Å²) in [5, 5.41) is 17.1. The summed E-state index contributed by atoms with van der Waals surface area (Å²) in [5.41, 5.74) is 5.73. The minimum atomic E-state index is -0.529. The van der Waals surface area contributed by atoms with Gasteiger partial charge in [-0.1, -0.05) is 0 Å². The summed E-state index contributed by atoms with van der Waals surface area (Å²) in [7, 11) is 1.37. The van der Waals surface area contributed by atoms with Gasteiger partial charge in [0.25, 0.3) is 0 Å². The molecule has 17 heavy (non-hydrogen) atoms. The first-order valence-corrected chi connectivity index (χ1v) is 4.62. The van der Waals surface area contributed by atoms with E-state index in [4.69, 9.17) is 10.5 Å². The molecule has 3 N–H and O–H groups in total. The molecule has 0 amide bonds. The number of rotatable bonds is 3. The predicted octanol–water partition coefficient (Wildman–Crippen LogP) is 0.971. The number of methoxy groups -OCH3 is 1. The number of nitrogens with zero attached hydrogens (tertiary/aromatic N) is 3. The average molecular weight is 235 g/mol. The zero-order valence-electron chi connectivity index (χ0n) is 8.88. The lowest BCUT2D eigenvalue weighted by Gasteiger charge is -2.02. The first-order chi connectivity index (χ1) is 8.11. The smallest absolute Gasteiger partial charge is 0.311 e. The highest BCUT2D eigenvalue weighted by molar-refractivity contribution is 5.63. The monoisotopic (exact) mass is 235 g/mol. The number of ether oxygens (including phenoxy) is 1. The molecule has 0 saturated carbocycles. The summed E-state index contributed by atoms with van der Waals surface area (Å²) in [4.78, 5) is 14.2. The number of hydrogen-bond acceptors (Lipinski definition) is 6. The molecule has 2 rings (SSSR count). The van der Waals surface area contributed by atoms with Gasteiger partial charge in [0, 0.05) is 11.6 Å². The first-order valence-electron chi connectivity index (χ1n) is 4.62. The van der Waals surface area contributed by atoms with Crippen molar-refractivity contribution in [2.75, 3.05) is 12.8 Å². The van der Waals surface area contributed by atoms with Gasteiger partial charge in [-0.3, -0.25) is 10.1 Å². The Labute approximate surface area is 95.6 Å². The van der Waals surface area contributed by atoms with E-state index in [1.165, 1.54) is 19.2 Å². The van der Waals surface area contributed by atoms with E-state index in [-0.39, 0.29) is 17.4 Å². The number of anilines is 1. The molecule has 8 heteroatoms. The normalized spacial score (nSPS) is 10.2. The second kappa shape index (κ2) is 4.08. The third-order valence-electron chi connectivity index (χ3n) is 2.14. The molecule has 0 unspecified atom stereocenters. The number of nitrogens with one attached hydrogen (secondary N) is 1. The zero-order valence-corrected chi connectivity index (χ0v) is 8.88. The number of nitro benzene ring substituents is 1. The van der Waals surface area contributed by atoms with Crippen LogP contribution in [0.5, 0.6) is 5.75 Å². The van der Waals surface area contributed by atoms with E-state index in [1.54, 1.807) is 6.07 Å². The molecule has 0 radical (unpaired) electrons. The molecule has 0 spiro atoms. The third-order valence-corrected chi connectivity index (χ3v) is 2.14. The highest BCUT2D eigenvalue weighted by Crippen LogP contribution is 2.30. The maximum Gasteiger partial charge on any atom is 0.311 e. The molecule has 0 aliphatic rings. The number of aromatic nitrogens is 3. The van der Waals surface area contributed by atoms with E-state index < -0.39 is 4.92 Å². The standard InChI is InChI=1S/C9H9N5O3/c1-17-7-3-2-5(4-6(7)14(15)16)8-11-9(10)13-12-8/h2-4H,1H3,(H3,10,11,12,13). The third kappa shape index (κ3) is 2.00. The van der Waals surface area contributed by atoms with Crippen molar-refractivity contribution in [3.05, 3.63) is 28.3 Å².